The number of hydrogen-bond acceptors (Lipinski definition) is 9. The average molecular weight is 364 g/mol. The molecule has 1 aromatic carbocycles. The Labute approximate surface area is 146 Å². The molecule has 132 valence electrons. The molecule has 25 heavy (non-hydrogen) atoms. The Morgan fingerprint density at radius 1 is 1.56 bits per heavy atom. The first-order valence-corrected chi connectivity index (χ1v) is 7.83. The molecule has 1 amide bonds. The molecule has 0 bridgehead atoms. The first-order chi connectivity index (χ1) is 11.8. The van der Waals surface area contributed by atoms with Crippen LogP contribution < -0.4 is 21.0 Å². The van der Waals surface area contributed by atoms with Gasteiger partial charge in [-0.05, 0) is 19.9 Å². The second kappa shape index (κ2) is 7.57. The van der Waals surface area contributed by atoms with Gasteiger partial charge in [-0.25, -0.2) is 10.4 Å². The first-order valence-electron chi connectivity index (χ1n) is 7.02. The Balaban J connectivity index is 2.21. The maximum atomic E-state index is 12.0. The van der Waals surface area contributed by atoms with Crippen molar-refractivity contribution in [2.24, 2.45) is 5.10 Å². The number of nitro groups is 1. The highest BCUT2D eigenvalue weighted by molar-refractivity contribution is 7.17. The quantitative estimate of drug-likeness (QED) is 0.442. The molecule has 0 aliphatic heterocycles. The van der Waals surface area contributed by atoms with E-state index in [9.17, 15) is 20.0 Å². The Bertz CT molecular complexity index is 848. The normalized spacial score (nSPS) is 10.8. The zero-order valence-corrected chi connectivity index (χ0v) is 14.1. The van der Waals surface area contributed by atoms with Crippen molar-refractivity contribution in [2.45, 2.75) is 13.8 Å². The fourth-order valence-corrected chi connectivity index (χ4v) is 2.65. The van der Waals surface area contributed by atoms with Gasteiger partial charge in [0.1, 0.15) is 10.6 Å². The molecule has 0 atom stereocenters. The topological polar surface area (TPSA) is 156 Å². The van der Waals surface area contributed by atoms with Crippen molar-refractivity contribution in [3.05, 3.63) is 38.4 Å². The van der Waals surface area contributed by atoms with E-state index in [1.807, 2.05) is 0 Å². The molecule has 2 rings (SSSR count). The van der Waals surface area contributed by atoms with Crippen molar-refractivity contribution < 1.29 is 19.6 Å². The molecule has 0 spiro atoms. The second-order valence-corrected chi connectivity index (χ2v) is 5.75. The lowest BCUT2D eigenvalue weighted by Crippen LogP contribution is -2.17. The van der Waals surface area contributed by atoms with Crippen LogP contribution in [0.1, 0.15) is 27.9 Å². The molecular weight excluding hydrogens is 350 g/mol. The largest absolute Gasteiger partial charge is 0.865 e. The zero-order valence-electron chi connectivity index (χ0n) is 13.3. The number of nitrogens with one attached hydrogen (secondary N) is 1. The summed E-state index contributed by atoms with van der Waals surface area (Å²) in [5, 5.41) is 26.8. The van der Waals surface area contributed by atoms with Crippen LogP contribution in [0, 0.1) is 17.0 Å². The van der Waals surface area contributed by atoms with Gasteiger partial charge in [0.15, 0.2) is 5.13 Å². The van der Waals surface area contributed by atoms with Crippen molar-refractivity contribution in [1.29, 1.82) is 0 Å². The molecule has 0 saturated heterocycles. The number of anilines is 1. The molecule has 0 fully saturated rings. The molecule has 0 saturated carbocycles. The van der Waals surface area contributed by atoms with Crippen LogP contribution in [0.15, 0.2) is 17.2 Å². The molecule has 1 heterocycles. The third-order valence-corrected chi connectivity index (χ3v) is 3.94. The van der Waals surface area contributed by atoms with Gasteiger partial charge in [-0.2, -0.15) is 5.10 Å². The van der Waals surface area contributed by atoms with Gasteiger partial charge >= 0.3 is 0 Å². The van der Waals surface area contributed by atoms with Crippen LogP contribution in [0.2, 0.25) is 0 Å². The first kappa shape index (κ1) is 18.1. The summed E-state index contributed by atoms with van der Waals surface area (Å²) >= 11 is 1.02. The maximum absolute atomic E-state index is 12.0. The van der Waals surface area contributed by atoms with Gasteiger partial charge in [-0.15, -0.1) is 0 Å². The summed E-state index contributed by atoms with van der Waals surface area (Å²) < 4.78 is 5.10. The van der Waals surface area contributed by atoms with Crippen molar-refractivity contribution in [3.63, 3.8) is 0 Å². The smallest absolute Gasteiger partial charge is 0.283 e. The number of carbonyl (C=O) groups is 1. The number of hydrogen-bond donors (Lipinski definition) is 2. The number of nitrogens with two attached hydrogens (primary N) is 1. The van der Waals surface area contributed by atoms with E-state index in [4.69, 9.17) is 10.5 Å². The van der Waals surface area contributed by atoms with Crippen LogP contribution in [-0.2, 0) is 0 Å². The van der Waals surface area contributed by atoms with Gasteiger partial charge in [0.05, 0.1) is 23.4 Å². The third kappa shape index (κ3) is 4.20. The predicted molar refractivity (Wildman–Crippen MR) is 90.0 cm³/mol. The summed E-state index contributed by atoms with van der Waals surface area (Å²) in [7, 11) is 0. The maximum Gasteiger partial charge on any atom is 0.283 e. The van der Waals surface area contributed by atoms with Gasteiger partial charge in [0.2, 0.25) is 0 Å². The number of nitrogen functional groups attached to an aromatic ring is 1. The number of thiazole rings is 1. The van der Waals surface area contributed by atoms with Crippen LogP contribution in [0.25, 0.3) is 0 Å². The summed E-state index contributed by atoms with van der Waals surface area (Å²) in [5.74, 6) is -1.48. The van der Waals surface area contributed by atoms with Crippen LogP contribution in [0.3, 0.4) is 0 Å². The molecule has 11 heteroatoms. The number of amides is 1. The van der Waals surface area contributed by atoms with E-state index in [0.29, 0.717) is 10.6 Å². The highest BCUT2D eigenvalue weighted by Gasteiger charge is 2.15. The average Bonchev–Trinajstić information content (AvgIpc) is 2.88. The van der Waals surface area contributed by atoms with Crippen LogP contribution in [-0.4, -0.2) is 28.6 Å². The number of carbonyl (C=O) groups excluding carboxylic acids is 1. The minimum Gasteiger partial charge on any atom is -0.865 e. The van der Waals surface area contributed by atoms with E-state index in [-0.39, 0.29) is 23.1 Å². The molecule has 10 nitrogen and oxygen atoms in total. The fourth-order valence-electron chi connectivity index (χ4n) is 1.93. The van der Waals surface area contributed by atoms with Crippen LogP contribution in [0.5, 0.6) is 11.5 Å². The number of nitro benzene ring substituents is 1. The molecule has 0 radical (unpaired) electrons. The van der Waals surface area contributed by atoms with Crippen LogP contribution >= 0.6 is 11.3 Å². The minimum atomic E-state index is -0.816. The van der Waals surface area contributed by atoms with Gasteiger partial charge in [0.25, 0.3) is 11.6 Å². The Morgan fingerprint density at radius 2 is 2.28 bits per heavy atom. The highest BCUT2D eigenvalue weighted by atomic mass is 32.1. The summed E-state index contributed by atoms with van der Waals surface area (Å²) in [6.45, 7) is 3.46. The number of aromatic nitrogens is 1. The zero-order chi connectivity index (χ0) is 18.6. The lowest BCUT2D eigenvalue weighted by atomic mass is 10.2. The van der Waals surface area contributed by atoms with Gasteiger partial charge in [0, 0.05) is 17.4 Å². The second-order valence-electron chi connectivity index (χ2n) is 4.72. The molecule has 2 aromatic rings. The Kier molecular flexibility index (Phi) is 5.49. The van der Waals surface area contributed by atoms with E-state index in [2.05, 4.69) is 15.5 Å². The molecule has 0 unspecified atom stereocenters. The minimum absolute atomic E-state index is 0.157. The van der Waals surface area contributed by atoms with Crippen molar-refractivity contribution in [2.75, 3.05) is 12.3 Å². The summed E-state index contributed by atoms with van der Waals surface area (Å²) in [5.41, 5.74) is 7.87. The van der Waals surface area contributed by atoms with E-state index in [1.165, 1.54) is 12.3 Å². The molecular formula is C14H14N5O5S-. The SMILES string of the molecule is CCOc1cc(/C=N\NC(=O)c2sc(N)nc2C)cc([N+](=O)[O-])c1[O-]. The van der Waals surface area contributed by atoms with Gasteiger partial charge in [-0.3, -0.25) is 14.9 Å². The number of aryl methyl sites for hydroxylation is 1. The van der Waals surface area contributed by atoms with Gasteiger partial charge < -0.3 is 15.6 Å². The third-order valence-electron chi connectivity index (χ3n) is 2.95. The summed E-state index contributed by atoms with van der Waals surface area (Å²) in [4.78, 5) is 26.4. The number of hydrazone groups is 1. The molecule has 0 aliphatic rings. The van der Waals surface area contributed by atoms with Crippen molar-refractivity contribution >= 4 is 34.3 Å². The Morgan fingerprint density at radius 3 is 2.84 bits per heavy atom. The molecule has 0 aliphatic carbocycles. The number of nitrogens with zero attached hydrogens (tertiary/aromatic N) is 3. The van der Waals surface area contributed by atoms with E-state index < -0.39 is 22.3 Å². The van der Waals surface area contributed by atoms with E-state index in [1.54, 1.807) is 13.8 Å². The standard InChI is InChI=1S/C14H15N5O5S/c1-3-24-10-5-8(4-9(11(10)20)19(22)23)6-16-18-13(21)12-7(2)17-14(15)25-12/h4-6,20H,3H2,1-2H3,(H2,15,17)(H,18,21)/p-1/b16-6-. The predicted octanol–water partition coefficient (Wildman–Crippen LogP) is 1.18. The van der Waals surface area contributed by atoms with Crippen molar-refractivity contribution in [3.8, 4) is 11.5 Å². The number of benzene rings is 1. The fraction of sp³-hybridized carbons (Fsp3) is 0.214. The monoisotopic (exact) mass is 364 g/mol. The number of rotatable bonds is 6. The summed E-state index contributed by atoms with van der Waals surface area (Å²) in [6.07, 6.45) is 1.17. The number of ether oxygens (including phenoxy) is 1. The molecule has 1 aromatic heterocycles. The Hall–Kier alpha value is -3.21. The summed E-state index contributed by atoms with van der Waals surface area (Å²) in [6, 6.07) is 2.36. The lowest BCUT2D eigenvalue weighted by Gasteiger charge is -2.14. The van der Waals surface area contributed by atoms with E-state index in [0.717, 1.165) is 17.4 Å². The van der Waals surface area contributed by atoms with Crippen molar-refractivity contribution in [1.82, 2.24) is 10.4 Å². The lowest BCUT2D eigenvalue weighted by molar-refractivity contribution is -0.398. The van der Waals surface area contributed by atoms with Crippen LogP contribution in [0.4, 0.5) is 10.8 Å². The highest BCUT2D eigenvalue weighted by Crippen LogP contribution is 2.34. The molecule has 3 N–H and O–H groups in total. The van der Waals surface area contributed by atoms with E-state index >= 15 is 0 Å². The van der Waals surface area contributed by atoms with Gasteiger partial charge in [-0.1, -0.05) is 11.3 Å².